The quantitative estimate of drug-likeness (QED) is 0.424. The van der Waals surface area contributed by atoms with Crippen molar-refractivity contribution in [2.24, 2.45) is 13.0 Å². The molecule has 0 radical (unpaired) electrons. The van der Waals surface area contributed by atoms with Gasteiger partial charge in [-0.1, -0.05) is 0 Å². The molecule has 1 aliphatic rings. The minimum atomic E-state index is -0.490. The van der Waals surface area contributed by atoms with Gasteiger partial charge in [0.25, 0.3) is 0 Å². The molecular weight excluding hydrogens is 427 g/mol. The maximum atomic E-state index is 15.4. The van der Waals surface area contributed by atoms with E-state index in [0.29, 0.717) is 53.9 Å². The molecule has 1 aliphatic heterocycles. The van der Waals surface area contributed by atoms with Crippen LogP contribution in [-0.2, 0) is 11.8 Å². The number of fused-ring (bicyclic) bond motifs is 1. The van der Waals surface area contributed by atoms with Crippen LogP contribution in [0.15, 0.2) is 42.9 Å². The van der Waals surface area contributed by atoms with Crippen molar-refractivity contribution >= 4 is 22.7 Å². The van der Waals surface area contributed by atoms with E-state index in [1.807, 2.05) is 30.3 Å². The summed E-state index contributed by atoms with van der Waals surface area (Å²) in [5.74, 6) is 0.875. The number of benzene rings is 1. The number of anilines is 2. The van der Waals surface area contributed by atoms with Crippen LogP contribution in [0.1, 0.15) is 0 Å². The lowest BCUT2D eigenvalue weighted by Crippen LogP contribution is -2.38. The number of halogens is 1. The fourth-order valence-corrected chi connectivity index (χ4v) is 3.72. The highest BCUT2D eigenvalue weighted by molar-refractivity contribution is 5.77. The summed E-state index contributed by atoms with van der Waals surface area (Å²) in [7, 11) is 4.80. The summed E-state index contributed by atoms with van der Waals surface area (Å²) in [5, 5.41) is 4.19. The minimum Gasteiger partial charge on any atom is -0.497 e. The van der Waals surface area contributed by atoms with E-state index in [1.165, 1.54) is 20.3 Å². The number of nitrogens with zero attached hydrogens (tertiary/aromatic N) is 6. The maximum absolute atomic E-state index is 15.4. The highest BCUT2D eigenvalue weighted by Gasteiger charge is 2.27. The Kier molecular flexibility index (Phi) is 5.51. The third kappa shape index (κ3) is 4.05. The van der Waals surface area contributed by atoms with Crippen LogP contribution in [0.3, 0.4) is 0 Å². The van der Waals surface area contributed by atoms with Crippen LogP contribution in [0.4, 0.5) is 15.9 Å². The Morgan fingerprint density at radius 2 is 2.00 bits per heavy atom. The zero-order valence-electron chi connectivity index (χ0n) is 18.5. The molecular formula is C23H23FN6O3. The van der Waals surface area contributed by atoms with Crippen LogP contribution in [-0.4, -0.2) is 58.7 Å². The van der Waals surface area contributed by atoms with Gasteiger partial charge in [-0.2, -0.15) is 5.10 Å². The van der Waals surface area contributed by atoms with Gasteiger partial charge in [0.1, 0.15) is 17.1 Å². The average Bonchev–Trinajstić information content (AvgIpc) is 3.24. The van der Waals surface area contributed by atoms with E-state index >= 15 is 4.39 Å². The van der Waals surface area contributed by atoms with Crippen LogP contribution in [0.2, 0.25) is 0 Å². The third-order valence-electron chi connectivity index (χ3n) is 5.56. The number of aryl methyl sites for hydroxylation is 1. The molecule has 9 nitrogen and oxygen atoms in total. The van der Waals surface area contributed by atoms with Gasteiger partial charge in [-0.15, -0.1) is 0 Å². The highest BCUT2D eigenvalue weighted by Crippen LogP contribution is 2.37. The van der Waals surface area contributed by atoms with Gasteiger partial charge in [0.15, 0.2) is 17.2 Å². The van der Waals surface area contributed by atoms with Crippen molar-refractivity contribution in [2.45, 2.75) is 0 Å². The second kappa shape index (κ2) is 8.62. The first-order valence-corrected chi connectivity index (χ1v) is 10.5. The van der Waals surface area contributed by atoms with Gasteiger partial charge in [0.2, 0.25) is 0 Å². The predicted molar refractivity (Wildman–Crippen MR) is 120 cm³/mol. The Bertz CT molecular complexity index is 1310. The van der Waals surface area contributed by atoms with E-state index in [1.54, 1.807) is 23.1 Å². The third-order valence-corrected chi connectivity index (χ3v) is 5.56. The normalized spacial score (nSPS) is 13.7. The highest BCUT2D eigenvalue weighted by atomic mass is 19.1. The van der Waals surface area contributed by atoms with E-state index in [0.717, 1.165) is 5.56 Å². The molecule has 0 saturated carbocycles. The molecule has 0 aliphatic carbocycles. The molecule has 3 aromatic heterocycles. The van der Waals surface area contributed by atoms with Gasteiger partial charge in [-0.3, -0.25) is 9.67 Å². The fourth-order valence-electron chi connectivity index (χ4n) is 3.72. The molecule has 170 valence electrons. The first-order valence-electron chi connectivity index (χ1n) is 10.5. The van der Waals surface area contributed by atoms with Crippen molar-refractivity contribution in [3.05, 3.63) is 48.7 Å². The van der Waals surface area contributed by atoms with E-state index in [9.17, 15) is 0 Å². The van der Waals surface area contributed by atoms with Crippen LogP contribution < -0.4 is 14.4 Å². The Labute approximate surface area is 189 Å². The molecule has 0 atom stereocenters. The number of hydrogen-bond acceptors (Lipinski definition) is 8. The number of rotatable bonds is 7. The largest absolute Gasteiger partial charge is 0.497 e. The summed E-state index contributed by atoms with van der Waals surface area (Å²) < 4.78 is 33.0. The van der Waals surface area contributed by atoms with Crippen molar-refractivity contribution in [3.63, 3.8) is 0 Å². The first kappa shape index (κ1) is 21.1. The summed E-state index contributed by atoms with van der Waals surface area (Å²) in [6.07, 6.45) is 5.28. The van der Waals surface area contributed by atoms with Crippen LogP contribution >= 0.6 is 0 Å². The summed E-state index contributed by atoms with van der Waals surface area (Å²) >= 11 is 0. The molecule has 4 aromatic rings. The zero-order valence-corrected chi connectivity index (χ0v) is 18.5. The molecule has 0 bridgehead atoms. The Morgan fingerprint density at radius 1 is 1.15 bits per heavy atom. The molecule has 1 saturated heterocycles. The van der Waals surface area contributed by atoms with Gasteiger partial charge in [0.05, 0.1) is 51.2 Å². The summed E-state index contributed by atoms with van der Waals surface area (Å²) in [6, 6.07) is 6.80. The van der Waals surface area contributed by atoms with Crippen molar-refractivity contribution < 1.29 is 18.6 Å². The van der Waals surface area contributed by atoms with Gasteiger partial charge in [-0.25, -0.2) is 14.4 Å². The average molecular weight is 450 g/mol. The molecule has 4 heterocycles. The van der Waals surface area contributed by atoms with Crippen LogP contribution in [0.5, 0.6) is 11.5 Å². The van der Waals surface area contributed by atoms with Crippen molar-refractivity contribution in [3.8, 4) is 22.8 Å². The van der Waals surface area contributed by atoms with Crippen LogP contribution in [0.25, 0.3) is 22.4 Å². The van der Waals surface area contributed by atoms with Gasteiger partial charge in [-0.05, 0) is 12.1 Å². The number of aromatic nitrogens is 5. The molecule has 33 heavy (non-hydrogen) atoms. The van der Waals surface area contributed by atoms with Gasteiger partial charge in [0, 0.05) is 43.4 Å². The topological polar surface area (TPSA) is 87.4 Å². The van der Waals surface area contributed by atoms with Crippen molar-refractivity contribution in [2.75, 3.05) is 38.9 Å². The number of ether oxygens (including phenoxy) is 3. The lowest BCUT2D eigenvalue weighted by molar-refractivity contribution is -0.0268. The Morgan fingerprint density at radius 3 is 2.67 bits per heavy atom. The molecule has 0 spiro atoms. The summed E-state index contributed by atoms with van der Waals surface area (Å²) in [6.45, 7) is 1.73. The van der Waals surface area contributed by atoms with E-state index in [4.69, 9.17) is 19.2 Å². The Balaban J connectivity index is 1.61. The van der Waals surface area contributed by atoms with Gasteiger partial charge >= 0.3 is 0 Å². The molecule has 1 fully saturated rings. The molecule has 0 N–H and O–H groups in total. The SMILES string of the molecule is COc1cc(OC)c(F)c(N(CC2COC2)c2ccc3ncc(-c4cnn(C)c4)nc3n2)c1. The standard InChI is InChI=1S/C23H23FN6O3/c1-29-11-15(8-26-29)18-9-25-17-4-5-21(28-23(17)27-18)30(10-14-12-33-13-14)19-6-16(31-2)7-20(32-3)22(19)24/h4-9,11,14H,10,12-13H2,1-3H3. The molecule has 0 unspecified atom stereocenters. The van der Waals surface area contributed by atoms with E-state index in [2.05, 4.69) is 15.1 Å². The fraction of sp³-hybridized carbons (Fsp3) is 0.304. The molecule has 0 amide bonds. The molecule has 10 heteroatoms. The van der Waals surface area contributed by atoms with Crippen molar-refractivity contribution in [1.82, 2.24) is 24.7 Å². The number of pyridine rings is 1. The van der Waals surface area contributed by atoms with Gasteiger partial charge < -0.3 is 19.1 Å². The first-order chi connectivity index (χ1) is 16.1. The zero-order chi connectivity index (χ0) is 22.9. The second-order valence-electron chi connectivity index (χ2n) is 7.85. The smallest absolute Gasteiger partial charge is 0.188 e. The second-order valence-corrected chi connectivity index (χ2v) is 7.85. The van der Waals surface area contributed by atoms with E-state index < -0.39 is 5.82 Å². The molecule has 1 aromatic carbocycles. The predicted octanol–water partition coefficient (Wildman–Crippen LogP) is 3.37. The number of hydrogen-bond donors (Lipinski definition) is 0. The summed E-state index contributed by atoms with van der Waals surface area (Å²) in [4.78, 5) is 15.7. The lowest BCUT2D eigenvalue weighted by atomic mass is 10.1. The number of methoxy groups -OCH3 is 2. The monoisotopic (exact) mass is 450 g/mol. The Hall–Kier alpha value is -3.79. The summed E-state index contributed by atoms with van der Waals surface area (Å²) in [5.41, 5.74) is 2.90. The lowest BCUT2D eigenvalue weighted by Gasteiger charge is -2.33. The van der Waals surface area contributed by atoms with E-state index in [-0.39, 0.29) is 11.7 Å². The van der Waals surface area contributed by atoms with Crippen molar-refractivity contribution in [1.29, 1.82) is 0 Å². The van der Waals surface area contributed by atoms with Crippen LogP contribution in [0, 0.1) is 11.7 Å². The minimum absolute atomic E-state index is 0.0960. The maximum Gasteiger partial charge on any atom is 0.188 e. The molecule has 5 rings (SSSR count).